The molecular formula is C17H21BN3O2. The van der Waals surface area contributed by atoms with Crippen LogP contribution >= 0.6 is 0 Å². The van der Waals surface area contributed by atoms with Crippen molar-refractivity contribution in [3.05, 3.63) is 41.0 Å². The molecule has 2 fully saturated rings. The molecule has 119 valence electrons. The van der Waals surface area contributed by atoms with E-state index in [0.717, 1.165) is 29.9 Å². The molecule has 1 spiro atoms. The van der Waals surface area contributed by atoms with Crippen LogP contribution in [0, 0.1) is 6.92 Å². The van der Waals surface area contributed by atoms with Crippen molar-refractivity contribution in [3.8, 4) is 5.75 Å². The highest BCUT2D eigenvalue weighted by molar-refractivity contribution is 6.74. The molecule has 5 N–H and O–H groups in total. The number of hydrogen-bond acceptors (Lipinski definition) is 5. The fourth-order valence-corrected chi connectivity index (χ4v) is 4.66. The fourth-order valence-electron chi connectivity index (χ4n) is 4.66. The zero-order chi connectivity index (χ0) is 16.5. The van der Waals surface area contributed by atoms with E-state index in [4.69, 9.17) is 16.2 Å². The van der Waals surface area contributed by atoms with E-state index in [1.165, 1.54) is 5.56 Å². The summed E-state index contributed by atoms with van der Waals surface area (Å²) in [6.45, 7) is 3.25. The summed E-state index contributed by atoms with van der Waals surface area (Å²) in [7, 11) is 3.70. The molecule has 0 bridgehead atoms. The zero-order valence-electron chi connectivity index (χ0n) is 13.5. The molecule has 5 nitrogen and oxygen atoms in total. The third-order valence-corrected chi connectivity index (χ3v) is 5.91. The highest BCUT2D eigenvalue weighted by atomic mass is 16.5. The topological polar surface area (TPSA) is 90.4 Å². The third kappa shape index (κ3) is 1.52. The summed E-state index contributed by atoms with van der Waals surface area (Å²) in [6.07, 6.45) is 2.62. The average molecular weight is 310 g/mol. The lowest BCUT2D eigenvalue weighted by atomic mass is 9.82. The first-order valence-corrected chi connectivity index (χ1v) is 7.97. The van der Waals surface area contributed by atoms with Crippen molar-refractivity contribution >= 4 is 13.1 Å². The van der Waals surface area contributed by atoms with Gasteiger partial charge in [-0.2, -0.15) is 0 Å². The van der Waals surface area contributed by atoms with Crippen LogP contribution in [-0.2, 0) is 10.2 Å². The van der Waals surface area contributed by atoms with Gasteiger partial charge in [0.05, 0.1) is 12.5 Å². The number of ketones is 1. The number of carbonyl (C=O) groups excluding carboxylic acids is 1. The number of ether oxygens (including phenoxy) is 1. The summed E-state index contributed by atoms with van der Waals surface area (Å²) in [4.78, 5) is 12.1. The first kappa shape index (κ1) is 14.9. The van der Waals surface area contributed by atoms with Gasteiger partial charge in [-0.3, -0.25) is 4.79 Å². The SMILES string of the molecule is COc1cc(C2(CCNCN)C3=CC(=O)C4(N)[B]C342)ccc1C. The normalized spacial score (nSPS) is 36.0. The molecule has 1 aromatic carbocycles. The third-order valence-electron chi connectivity index (χ3n) is 5.91. The molecular weight excluding hydrogens is 289 g/mol. The molecule has 1 radical (unpaired) electrons. The second kappa shape index (κ2) is 4.47. The minimum Gasteiger partial charge on any atom is -0.496 e. The minimum atomic E-state index is -0.802. The van der Waals surface area contributed by atoms with Crippen LogP contribution in [-0.4, -0.2) is 38.8 Å². The van der Waals surface area contributed by atoms with Crippen molar-refractivity contribution < 1.29 is 9.53 Å². The second-order valence-electron chi connectivity index (χ2n) is 6.79. The molecule has 1 aliphatic heterocycles. The van der Waals surface area contributed by atoms with Crippen LogP contribution in [0.3, 0.4) is 0 Å². The number of nitrogens with two attached hydrogens (primary N) is 2. The largest absolute Gasteiger partial charge is 0.496 e. The monoisotopic (exact) mass is 310 g/mol. The Hall–Kier alpha value is -1.63. The predicted molar refractivity (Wildman–Crippen MR) is 89.5 cm³/mol. The van der Waals surface area contributed by atoms with Crippen molar-refractivity contribution in [1.82, 2.24) is 5.32 Å². The summed E-state index contributed by atoms with van der Waals surface area (Å²) in [5, 5.41) is 2.90. The molecule has 1 saturated carbocycles. The van der Waals surface area contributed by atoms with E-state index < -0.39 is 5.44 Å². The van der Waals surface area contributed by atoms with Gasteiger partial charge in [-0.25, -0.2) is 0 Å². The fraction of sp³-hybridized carbons (Fsp3) is 0.471. The van der Waals surface area contributed by atoms with Crippen LogP contribution in [0.1, 0.15) is 17.5 Å². The zero-order valence-corrected chi connectivity index (χ0v) is 13.5. The maximum atomic E-state index is 12.1. The molecule has 4 rings (SSSR count). The molecule has 1 aromatic rings. The maximum absolute atomic E-state index is 12.1. The molecule has 23 heavy (non-hydrogen) atoms. The Labute approximate surface area is 136 Å². The summed E-state index contributed by atoms with van der Waals surface area (Å²) in [6, 6.07) is 6.29. The van der Waals surface area contributed by atoms with E-state index in [1.807, 2.05) is 14.2 Å². The summed E-state index contributed by atoms with van der Waals surface area (Å²) in [5.74, 6) is 0.902. The molecule has 1 heterocycles. The Balaban J connectivity index is 1.78. The number of benzene rings is 1. The van der Waals surface area contributed by atoms with Gasteiger partial charge in [0.15, 0.2) is 13.1 Å². The lowest BCUT2D eigenvalue weighted by Gasteiger charge is -2.23. The van der Waals surface area contributed by atoms with E-state index in [1.54, 1.807) is 13.2 Å². The summed E-state index contributed by atoms with van der Waals surface area (Å²) < 4.78 is 5.49. The molecule has 1 saturated heterocycles. The number of nitrogens with one attached hydrogen (secondary N) is 1. The molecule has 3 aliphatic rings. The Morgan fingerprint density at radius 1 is 1.39 bits per heavy atom. The van der Waals surface area contributed by atoms with Crippen molar-refractivity contribution in [3.63, 3.8) is 0 Å². The Bertz CT molecular complexity index is 749. The van der Waals surface area contributed by atoms with Gasteiger partial charge in [0.2, 0.25) is 0 Å². The standard InChI is InChI=1S/C17H21BN3O2/c1-10-3-4-11(7-12(10)23-2)15(5-6-21-9-19)13-8-14(22)17(20)16(13,15)18-17/h3-4,7-8,21H,5-6,9,19-20H2,1-2H3. The van der Waals surface area contributed by atoms with E-state index >= 15 is 0 Å². The van der Waals surface area contributed by atoms with E-state index in [2.05, 4.69) is 23.5 Å². The molecule has 3 atom stereocenters. The molecule has 3 unspecified atom stereocenters. The van der Waals surface area contributed by atoms with E-state index in [0.29, 0.717) is 6.67 Å². The first-order chi connectivity index (χ1) is 11.0. The highest BCUT2D eigenvalue weighted by Gasteiger charge is 2.93. The van der Waals surface area contributed by atoms with Crippen LogP contribution in [0.2, 0.25) is 5.31 Å². The molecule has 0 aromatic heterocycles. The number of hydrogen-bond donors (Lipinski definition) is 3. The van der Waals surface area contributed by atoms with Crippen molar-refractivity contribution in [1.29, 1.82) is 0 Å². The molecule has 0 amide bonds. The average Bonchev–Trinajstić information content (AvgIpc) is 3.32. The van der Waals surface area contributed by atoms with Crippen molar-refractivity contribution in [2.24, 2.45) is 11.5 Å². The van der Waals surface area contributed by atoms with Crippen LogP contribution in [0.25, 0.3) is 0 Å². The highest BCUT2D eigenvalue weighted by Crippen LogP contribution is 2.91. The van der Waals surface area contributed by atoms with E-state index in [9.17, 15) is 4.79 Å². The number of methoxy groups -OCH3 is 1. The second-order valence-corrected chi connectivity index (χ2v) is 6.79. The number of aryl methyl sites for hydroxylation is 1. The summed E-state index contributed by atoms with van der Waals surface area (Å²) >= 11 is 0. The molecule has 2 aliphatic carbocycles. The lowest BCUT2D eigenvalue weighted by Crippen LogP contribution is -2.36. The van der Waals surface area contributed by atoms with Crippen molar-refractivity contribution in [2.75, 3.05) is 20.3 Å². The van der Waals surface area contributed by atoms with Crippen LogP contribution in [0.5, 0.6) is 5.75 Å². The van der Waals surface area contributed by atoms with Gasteiger partial charge in [0, 0.05) is 12.1 Å². The van der Waals surface area contributed by atoms with Crippen LogP contribution in [0.15, 0.2) is 29.8 Å². The van der Waals surface area contributed by atoms with Gasteiger partial charge >= 0.3 is 0 Å². The number of carbonyl (C=O) groups is 1. The Morgan fingerprint density at radius 2 is 2.17 bits per heavy atom. The maximum Gasteiger partial charge on any atom is 0.167 e. The van der Waals surface area contributed by atoms with Gasteiger partial charge < -0.3 is 21.5 Å². The summed E-state index contributed by atoms with van der Waals surface area (Å²) in [5.41, 5.74) is 14.3. The Kier molecular flexibility index (Phi) is 2.90. The molecule has 6 heteroatoms. The Morgan fingerprint density at radius 3 is 2.74 bits per heavy atom. The van der Waals surface area contributed by atoms with E-state index in [-0.39, 0.29) is 16.5 Å². The van der Waals surface area contributed by atoms with Gasteiger partial charge in [-0.05, 0) is 48.5 Å². The van der Waals surface area contributed by atoms with Gasteiger partial charge in [0.1, 0.15) is 5.75 Å². The van der Waals surface area contributed by atoms with Crippen molar-refractivity contribution in [2.45, 2.75) is 29.5 Å². The smallest absolute Gasteiger partial charge is 0.167 e. The lowest BCUT2D eigenvalue weighted by molar-refractivity contribution is -0.115. The predicted octanol–water partition coefficient (Wildman–Crippen LogP) is 0.192. The van der Waals surface area contributed by atoms with Gasteiger partial charge in [-0.15, -0.1) is 0 Å². The quantitative estimate of drug-likeness (QED) is 0.396. The number of rotatable bonds is 6. The van der Waals surface area contributed by atoms with Crippen LogP contribution < -0.4 is 21.5 Å². The first-order valence-electron chi connectivity index (χ1n) is 7.97. The van der Waals surface area contributed by atoms with Crippen LogP contribution in [0.4, 0.5) is 0 Å². The minimum absolute atomic E-state index is 0.0361. The van der Waals surface area contributed by atoms with Gasteiger partial charge in [0.25, 0.3) is 0 Å². The van der Waals surface area contributed by atoms with Gasteiger partial charge in [-0.1, -0.05) is 17.7 Å².